The summed E-state index contributed by atoms with van der Waals surface area (Å²) in [4.78, 5) is 18.3. The molecule has 0 saturated carbocycles. The number of carbonyl (C=O) groups is 1. The molecule has 0 saturated heterocycles. The molecule has 1 aromatic heterocycles. The maximum atomic E-state index is 13.5. The second kappa shape index (κ2) is 15.2. The molecule has 2 heterocycles. The number of nitrogens with one attached hydrogen (secondary N) is 1. The number of thioether (sulfide) groups is 1. The maximum absolute atomic E-state index is 13.5. The van der Waals surface area contributed by atoms with E-state index in [1.165, 1.54) is 17.3 Å². The Labute approximate surface area is 267 Å². The second-order valence-electron chi connectivity index (χ2n) is 10.3. The highest BCUT2D eigenvalue weighted by Crippen LogP contribution is 2.40. The molecule has 1 aliphatic rings. The third-order valence-corrected chi connectivity index (χ3v) is 8.43. The van der Waals surface area contributed by atoms with Crippen LogP contribution in [0.5, 0.6) is 11.5 Å². The van der Waals surface area contributed by atoms with E-state index in [-0.39, 0.29) is 5.97 Å². The Morgan fingerprint density at radius 3 is 2.57 bits per heavy atom. The van der Waals surface area contributed by atoms with Gasteiger partial charge in [0, 0.05) is 22.9 Å². The van der Waals surface area contributed by atoms with Crippen molar-refractivity contribution in [2.75, 3.05) is 25.1 Å². The number of rotatable bonds is 14. The quantitative estimate of drug-likeness (QED) is 0.0853. The molecule has 5 rings (SSSR count). The van der Waals surface area contributed by atoms with Crippen LogP contribution in [0, 0.1) is 0 Å². The fourth-order valence-corrected chi connectivity index (χ4v) is 6.03. The van der Waals surface area contributed by atoms with Crippen molar-refractivity contribution in [3.63, 3.8) is 0 Å². The lowest BCUT2D eigenvalue weighted by Gasteiger charge is -2.28. The highest BCUT2D eigenvalue weighted by atomic mass is 35.5. The van der Waals surface area contributed by atoms with Gasteiger partial charge in [-0.1, -0.05) is 91.3 Å². The van der Waals surface area contributed by atoms with E-state index in [9.17, 15) is 4.79 Å². The molecule has 10 heteroatoms. The zero-order valence-corrected chi connectivity index (χ0v) is 26.8. The molecule has 4 aromatic rings. The van der Waals surface area contributed by atoms with Gasteiger partial charge in [-0.15, -0.1) is 5.10 Å². The lowest BCUT2D eigenvalue weighted by atomic mass is 9.95. The maximum Gasteiger partial charge on any atom is 0.338 e. The monoisotopic (exact) mass is 632 g/mol. The van der Waals surface area contributed by atoms with E-state index in [0.29, 0.717) is 64.5 Å². The first-order valence-corrected chi connectivity index (χ1v) is 16.3. The van der Waals surface area contributed by atoms with Gasteiger partial charge in [-0.05, 0) is 55.2 Å². The molecule has 1 N–H and O–H groups in total. The highest BCUT2D eigenvalue weighted by molar-refractivity contribution is 7.98. The zero-order chi connectivity index (χ0) is 30.9. The number of anilines is 1. The number of hydrogen-bond acceptors (Lipinski definition) is 8. The normalized spacial score (nSPS) is 14.1. The first-order valence-electron chi connectivity index (χ1n) is 14.9. The predicted octanol–water partition coefficient (Wildman–Crippen LogP) is 7.88. The minimum absolute atomic E-state index is 0.348. The molecule has 3 aromatic carbocycles. The Morgan fingerprint density at radius 2 is 1.80 bits per heavy atom. The second-order valence-corrected chi connectivity index (χ2v) is 11.7. The van der Waals surface area contributed by atoms with Crippen molar-refractivity contribution in [2.24, 2.45) is 0 Å². The van der Waals surface area contributed by atoms with Crippen LogP contribution < -0.4 is 14.8 Å². The highest BCUT2D eigenvalue weighted by Gasteiger charge is 2.36. The van der Waals surface area contributed by atoms with E-state index in [0.717, 1.165) is 30.4 Å². The molecule has 44 heavy (non-hydrogen) atoms. The topological polar surface area (TPSA) is 87.5 Å². The van der Waals surface area contributed by atoms with E-state index < -0.39 is 6.04 Å². The van der Waals surface area contributed by atoms with Crippen molar-refractivity contribution in [3.8, 4) is 11.5 Å². The lowest BCUT2D eigenvalue weighted by Crippen LogP contribution is -2.30. The number of allylic oxidation sites excluding steroid dienone is 1. The number of fused-ring (bicyclic) bond motifs is 1. The number of ether oxygens (including phenoxy) is 3. The third kappa shape index (κ3) is 7.57. The van der Waals surface area contributed by atoms with Gasteiger partial charge in [-0.2, -0.15) is 4.98 Å². The van der Waals surface area contributed by atoms with Crippen molar-refractivity contribution in [1.29, 1.82) is 0 Å². The minimum atomic E-state index is -0.583. The molecule has 8 nitrogen and oxygen atoms in total. The number of unbranched alkanes of at least 4 members (excludes halogenated alkanes) is 1. The lowest BCUT2D eigenvalue weighted by molar-refractivity contribution is -0.139. The average Bonchev–Trinajstić information content (AvgIpc) is 3.43. The van der Waals surface area contributed by atoms with Crippen LogP contribution in [0.2, 0.25) is 5.02 Å². The van der Waals surface area contributed by atoms with Crippen molar-refractivity contribution in [1.82, 2.24) is 14.8 Å². The van der Waals surface area contributed by atoms with Gasteiger partial charge in [-0.3, -0.25) is 0 Å². The van der Waals surface area contributed by atoms with Crippen molar-refractivity contribution < 1.29 is 19.0 Å². The van der Waals surface area contributed by atoms with Crippen LogP contribution in [0.15, 0.2) is 89.2 Å². The van der Waals surface area contributed by atoms with Crippen molar-refractivity contribution in [3.05, 3.63) is 106 Å². The van der Waals surface area contributed by atoms with Gasteiger partial charge >= 0.3 is 5.97 Å². The van der Waals surface area contributed by atoms with Gasteiger partial charge in [0.25, 0.3) is 0 Å². The number of nitrogens with zero attached hydrogens (tertiary/aromatic N) is 3. The van der Waals surface area contributed by atoms with Gasteiger partial charge in [-0.25, -0.2) is 9.48 Å². The largest absolute Gasteiger partial charge is 0.490 e. The van der Waals surface area contributed by atoms with Crippen LogP contribution >= 0.6 is 23.4 Å². The van der Waals surface area contributed by atoms with E-state index in [4.69, 9.17) is 35.9 Å². The van der Waals surface area contributed by atoms with Gasteiger partial charge < -0.3 is 19.5 Å². The smallest absolute Gasteiger partial charge is 0.338 e. The summed E-state index contributed by atoms with van der Waals surface area (Å²) < 4.78 is 19.7. The first-order chi connectivity index (χ1) is 21.5. The fourth-order valence-electron chi connectivity index (χ4n) is 4.92. The number of hydrogen-bond donors (Lipinski definition) is 1. The third-order valence-electron chi connectivity index (χ3n) is 7.17. The van der Waals surface area contributed by atoms with Crippen LogP contribution in [-0.4, -0.2) is 40.6 Å². The predicted molar refractivity (Wildman–Crippen MR) is 175 cm³/mol. The van der Waals surface area contributed by atoms with Crippen LogP contribution in [0.4, 0.5) is 5.95 Å². The Hall–Kier alpha value is -3.95. The van der Waals surface area contributed by atoms with Crippen LogP contribution in [-0.2, 0) is 21.7 Å². The van der Waals surface area contributed by atoms with E-state index in [1.54, 1.807) is 4.68 Å². The standard InChI is InChI=1S/C34H37ClN4O4S/c1-4-6-19-43-32(40)30-23(3)36-33-37-34(44-22-26-14-10-11-15-27(26)35)38-39(33)31(30)25-16-17-28(29(21-25)41-5-2)42-20-18-24-12-8-7-9-13-24/h7-17,21,31H,4-6,18-20,22H2,1-3H3,(H,36,37,38). The Balaban J connectivity index is 1.45. The molecule has 1 atom stereocenters. The SMILES string of the molecule is CCCCOC(=O)C1=C(C)Nc2nc(SCc3ccccc3Cl)nn2C1c1ccc(OCCc2ccccc2)c(OCC)c1. The molecule has 0 aliphatic carbocycles. The molecule has 0 amide bonds. The van der Waals surface area contributed by atoms with E-state index >= 15 is 0 Å². The van der Waals surface area contributed by atoms with Crippen LogP contribution in [0.25, 0.3) is 0 Å². The van der Waals surface area contributed by atoms with Crippen molar-refractivity contribution >= 4 is 35.3 Å². The summed E-state index contributed by atoms with van der Waals surface area (Å²) in [5, 5.41) is 9.39. The molecule has 230 valence electrons. The molecular formula is C34H37ClN4O4S. The first kappa shape index (κ1) is 31.5. The fraction of sp³-hybridized carbons (Fsp3) is 0.324. The number of carbonyl (C=O) groups excluding carboxylic acids is 1. The number of esters is 1. The number of aromatic nitrogens is 3. The Morgan fingerprint density at radius 1 is 1.00 bits per heavy atom. The van der Waals surface area contributed by atoms with Gasteiger partial charge in [0.1, 0.15) is 6.04 Å². The van der Waals surface area contributed by atoms with Crippen molar-refractivity contribution in [2.45, 2.75) is 57.0 Å². The van der Waals surface area contributed by atoms with Gasteiger partial charge in [0.05, 0.1) is 25.4 Å². The molecule has 0 radical (unpaired) electrons. The van der Waals surface area contributed by atoms with Gasteiger partial charge in [0.2, 0.25) is 11.1 Å². The molecule has 0 spiro atoms. The summed E-state index contributed by atoms with van der Waals surface area (Å²) in [6.45, 7) is 7.17. The zero-order valence-electron chi connectivity index (χ0n) is 25.2. The van der Waals surface area contributed by atoms with E-state index in [2.05, 4.69) is 24.4 Å². The summed E-state index contributed by atoms with van der Waals surface area (Å²) in [6.07, 6.45) is 2.49. The molecule has 0 bridgehead atoms. The van der Waals surface area contributed by atoms with Crippen LogP contribution in [0.1, 0.15) is 56.3 Å². The van der Waals surface area contributed by atoms with Crippen LogP contribution in [0.3, 0.4) is 0 Å². The molecule has 0 fully saturated rings. The van der Waals surface area contributed by atoms with E-state index in [1.807, 2.05) is 74.5 Å². The summed E-state index contributed by atoms with van der Waals surface area (Å²) in [6, 6.07) is 23.1. The molecular weight excluding hydrogens is 596 g/mol. The summed E-state index contributed by atoms with van der Waals surface area (Å²) in [7, 11) is 0. The summed E-state index contributed by atoms with van der Waals surface area (Å²) in [5.74, 6) is 2.00. The number of halogens is 1. The number of benzene rings is 3. The molecule has 1 aliphatic heterocycles. The minimum Gasteiger partial charge on any atom is -0.490 e. The van der Waals surface area contributed by atoms with Gasteiger partial charge in [0.15, 0.2) is 11.5 Å². The Kier molecular flexibility index (Phi) is 10.9. The molecule has 1 unspecified atom stereocenters. The average molecular weight is 633 g/mol. The Bertz CT molecular complexity index is 1610. The summed E-state index contributed by atoms with van der Waals surface area (Å²) >= 11 is 7.86. The summed E-state index contributed by atoms with van der Waals surface area (Å²) in [5.41, 5.74) is 4.14.